The highest BCUT2D eigenvalue weighted by Crippen LogP contribution is 2.42. The topological polar surface area (TPSA) is 21.3 Å². The lowest BCUT2D eigenvalue weighted by atomic mass is 10.1. The van der Waals surface area contributed by atoms with Crippen LogP contribution in [0.1, 0.15) is 17.7 Å². The Kier molecular flexibility index (Phi) is 2.48. The van der Waals surface area contributed by atoms with Gasteiger partial charge in [-0.05, 0) is 36.8 Å². The van der Waals surface area contributed by atoms with Crippen LogP contribution in [0.2, 0.25) is 0 Å². The highest BCUT2D eigenvalue weighted by atomic mass is 32.1. The zero-order chi connectivity index (χ0) is 11.8. The molecular weight excluding hydrogens is 230 g/mol. The molecule has 1 heterocycles. The van der Waals surface area contributed by atoms with E-state index < -0.39 is 0 Å². The van der Waals surface area contributed by atoms with Gasteiger partial charge in [0.05, 0.1) is 11.4 Å². The van der Waals surface area contributed by atoms with Crippen molar-refractivity contribution in [1.29, 1.82) is 0 Å². The lowest BCUT2D eigenvalue weighted by Gasteiger charge is -2.22. The molecule has 2 aromatic carbocycles. The first kappa shape index (κ1) is 10.5. The summed E-state index contributed by atoms with van der Waals surface area (Å²) in [4.78, 5) is 0. The summed E-state index contributed by atoms with van der Waals surface area (Å²) < 4.78 is 5.82. The SMILES string of the molecule is CC(S)c1ccc2c(c1)Nc1ccccc1O2. The molecule has 0 aliphatic carbocycles. The minimum atomic E-state index is 0.222. The summed E-state index contributed by atoms with van der Waals surface area (Å²) in [5.41, 5.74) is 3.19. The van der Waals surface area contributed by atoms with Gasteiger partial charge in [-0.15, -0.1) is 0 Å². The lowest BCUT2D eigenvalue weighted by Crippen LogP contribution is -2.03. The van der Waals surface area contributed by atoms with Crippen LogP contribution in [-0.4, -0.2) is 0 Å². The number of thiol groups is 1. The molecule has 3 rings (SSSR count). The summed E-state index contributed by atoms with van der Waals surface area (Å²) in [6.07, 6.45) is 0. The van der Waals surface area contributed by atoms with E-state index in [0.29, 0.717) is 0 Å². The number of hydrogen-bond acceptors (Lipinski definition) is 3. The molecule has 1 atom stereocenters. The van der Waals surface area contributed by atoms with Crippen molar-refractivity contribution < 1.29 is 4.74 Å². The third-order valence-corrected chi connectivity index (χ3v) is 3.16. The van der Waals surface area contributed by atoms with E-state index in [1.807, 2.05) is 36.4 Å². The van der Waals surface area contributed by atoms with Crippen LogP contribution in [0.4, 0.5) is 11.4 Å². The number of benzene rings is 2. The van der Waals surface area contributed by atoms with Gasteiger partial charge in [-0.1, -0.05) is 18.2 Å². The van der Waals surface area contributed by atoms with Gasteiger partial charge in [0.25, 0.3) is 0 Å². The Morgan fingerprint density at radius 2 is 1.82 bits per heavy atom. The van der Waals surface area contributed by atoms with Gasteiger partial charge in [-0.25, -0.2) is 0 Å². The molecule has 0 saturated heterocycles. The number of rotatable bonds is 1. The fourth-order valence-electron chi connectivity index (χ4n) is 1.92. The first-order valence-corrected chi connectivity index (χ1v) is 6.11. The van der Waals surface area contributed by atoms with E-state index in [1.54, 1.807) is 0 Å². The van der Waals surface area contributed by atoms with Crippen molar-refractivity contribution in [3.05, 3.63) is 48.0 Å². The molecule has 0 bridgehead atoms. The van der Waals surface area contributed by atoms with Crippen molar-refractivity contribution in [1.82, 2.24) is 0 Å². The van der Waals surface area contributed by atoms with Crippen molar-refractivity contribution in [3.63, 3.8) is 0 Å². The van der Waals surface area contributed by atoms with Crippen molar-refractivity contribution in [2.45, 2.75) is 12.2 Å². The van der Waals surface area contributed by atoms with E-state index in [0.717, 1.165) is 22.9 Å². The maximum atomic E-state index is 5.82. The van der Waals surface area contributed by atoms with Gasteiger partial charge >= 0.3 is 0 Å². The van der Waals surface area contributed by atoms with Crippen molar-refractivity contribution in [2.75, 3.05) is 5.32 Å². The predicted octanol–water partition coefficient (Wildman–Crippen LogP) is 4.53. The third kappa shape index (κ3) is 1.87. The lowest BCUT2D eigenvalue weighted by molar-refractivity contribution is 0.481. The van der Waals surface area contributed by atoms with Crippen LogP contribution in [0.25, 0.3) is 0 Å². The summed E-state index contributed by atoms with van der Waals surface area (Å²) in [6.45, 7) is 2.06. The average molecular weight is 243 g/mol. The molecule has 3 heteroatoms. The number of hydrogen-bond donors (Lipinski definition) is 2. The molecule has 0 radical (unpaired) electrons. The molecule has 86 valence electrons. The Bertz CT molecular complexity index is 566. The fourth-order valence-corrected chi connectivity index (χ4v) is 2.08. The number of para-hydroxylation sites is 2. The molecular formula is C14H13NOS. The Balaban J connectivity index is 2.03. The van der Waals surface area contributed by atoms with Gasteiger partial charge in [0.2, 0.25) is 0 Å². The van der Waals surface area contributed by atoms with Crippen LogP contribution in [0.5, 0.6) is 11.5 Å². The molecule has 1 aliphatic heterocycles. The van der Waals surface area contributed by atoms with Crippen molar-refractivity contribution >= 4 is 24.0 Å². The molecule has 2 aromatic rings. The Morgan fingerprint density at radius 3 is 2.65 bits per heavy atom. The molecule has 2 nitrogen and oxygen atoms in total. The first-order chi connectivity index (χ1) is 8.24. The number of fused-ring (bicyclic) bond motifs is 2. The molecule has 0 spiro atoms. The summed E-state index contributed by atoms with van der Waals surface area (Å²) in [6, 6.07) is 14.0. The Morgan fingerprint density at radius 1 is 1.06 bits per heavy atom. The smallest absolute Gasteiger partial charge is 0.150 e. The minimum Gasteiger partial charge on any atom is -0.453 e. The zero-order valence-electron chi connectivity index (χ0n) is 9.47. The van der Waals surface area contributed by atoms with Crippen LogP contribution >= 0.6 is 12.6 Å². The summed E-state index contributed by atoms with van der Waals surface area (Å²) in [5, 5.41) is 3.60. The maximum Gasteiger partial charge on any atom is 0.150 e. The van der Waals surface area contributed by atoms with E-state index in [-0.39, 0.29) is 5.25 Å². The Hall–Kier alpha value is -1.61. The van der Waals surface area contributed by atoms with E-state index >= 15 is 0 Å². The second-order valence-electron chi connectivity index (χ2n) is 4.15. The molecule has 1 unspecified atom stereocenters. The monoisotopic (exact) mass is 243 g/mol. The van der Waals surface area contributed by atoms with Crippen molar-refractivity contribution in [2.24, 2.45) is 0 Å². The van der Waals surface area contributed by atoms with Crippen molar-refractivity contribution in [3.8, 4) is 11.5 Å². The van der Waals surface area contributed by atoms with Gasteiger partial charge in [0.15, 0.2) is 11.5 Å². The summed E-state index contributed by atoms with van der Waals surface area (Å²) in [7, 11) is 0. The van der Waals surface area contributed by atoms with Crippen LogP contribution in [0.15, 0.2) is 42.5 Å². The summed E-state index contributed by atoms with van der Waals surface area (Å²) in [5.74, 6) is 1.73. The normalized spacial score (nSPS) is 14.0. The number of nitrogens with one attached hydrogen (secondary N) is 1. The van der Waals surface area contributed by atoms with E-state index in [1.165, 1.54) is 5.56 Å². The van der Waals surface area contributed by atoms with Crippen LogP contribution in [-0.2, 0) is 0 Å². The molecule has 1 aliphatic rings. The van der Waals surface area contributed by atoms with E-state index in [2.05, 4.69) is 30.9 Å². The van der Waals surface area contributed by atoms with Gasteiger partial charge in [-0.3, -0.25) is 0 Å². The first-order valence-electron chi connectivity index (χ1n) is 5.60. The van der Waals surface area contributed by atoms with Gasteiger partial charge < -0.3 is 10.1 Å². The molecule has 0 fully saturated rings. The highest BCUT2D eigenvalue weighted by molar-refractivity contribution is 7.80. The largest absolute Gasteiger partial charge is 0.453 e. The van der Waals surface area contributed by atoms with Gasteiger partial charge in [-0.2, -0.15) is 12.6 Å². The van der Waals surface area contributed by atoms with E-state index in [4.69, 9.17) is 4.74 Å². The molecule has 1 N–H and O–H groups in total. The summed E-state index contributed by atoms with van der Waals surface area (Å²) >= 11 is 4.44. The highest BCUT2D eigenvalue weighted by Gasteiger charge is 2.16. The predicted molar refractivity (Wildman–Crippen MR) is 73.6 cm³/mol. The van der Waals surface area contributed by atoms with Crippen LogP contribution in [0.3, 0.4) is 0 Å². The Labute approximate surface area is 106 Å². The second kappa shape index (κ2) is 4.00. The molecule has 0 saturated carbocycles. The number of ether oxygens (including phenoxy) is 1. The standard InChI is InChI=1S/C14H13NOS/c1-9(17)10-6-7-14-12(8-10)15-11-4-2-3-5-13(11)16-14/h2-9,15,17H,1H3. The van der Waals surface area contributed by atoms with Crippen LogP contribution < -0.4 is 10.1 Å². The second-order valence-corrected chi connectivity index (χ2v) is 4.93. The zero-order valence-corrected chi connectivity index (χ0v) is 10.4. The van der Waals surface area contributed by atoms with E-state index in [9.17, 15) is 0 Å². The molecule has 0 amide bonds. The molecule has 0 aromatic heterocycles. The number of anilines is 2. The van der Waals surface area contributed by atoms with Crippen LogP contribution in [0, 0.1) is 0 Å². The fraction of sp³-hybridized carbons (Fsp3) is 0.143. The van der Waals surface area contributed by atoms with Gasteiger partial charge in [0.1, 0.15) is 0 Å². The average Bonchev–Trinajstić information content (AvgIpc) is 2.35. The third-order valence-electron chi connectivity index (χ3n) is 2.86. The molecule has 17 heavy (non-hydrogen) atoms. The minimum absolute atomic E-state index is 0.222. The quantitative estimate of drug-likeness (QED) is 0.613. The maximum absolute atomic E-state index is 5.82. The van der Waals surface area contributed by atoms with Gasteiger partial charge in [0, 0.05) is 5.25 Å².